The highest BCUT2D eigenvalue weighted by Gasteiger charge is 2.66. The summed E-state index contributed by atoms with van der Waals surface area (Å²) in [7, 11) is 0. The Morgan fingerprint density at radius 2 is 1.03 bits per heavy atom. The Morgan fingerprint density at radius 3 is 1.50 bits per heavy atom. The number of esters is 2. The molecule has 4 nitrogen and oxygen atoms in total. The van der Waals surface area contributed by atoms with Gasteiger partial charge in [0.1, 0.15) is 12.2 Å². The fourth-order valence-electron chi connectivity index (χ4n) is 12.5. The van der Waals surface area contributed by atoms with Crippen LogP contribution in [-0.2, 0) is 19.1 Å². The van der Waals surface area contributed by atoms with Crippen molar-refractivity contribution in [3.63, 3.8) is 0 Å². The van der Waals surface area contributed by atoms with Crippen LogP contribution in [0.15, 0.2) is 24.3 Å². The highest BCUT2D eigenvalue weighted by molar-refractivity contribution is 5.83. The van der Waals surface area contributed by atoms with Crippen LogP contribution >= 0.6 is 0 Å². The lowest BCUT2D eigenvalue weighted by molar-refractivity contribution is -0.201. The first-order valence-corrected chi connectivity index (χ1v) is 15.3. The highest BCUT2D eigenvalue weighted by atomic mass is 16.6. The monoisotopic (exact) mass is 488 g/mol. The average molecular weight is 489 g/mol. The molecule has 4 heteroatoms. The molecule has 0 spiro atoms. The average Bonchev–Trinajstić information content (AvgIpc) is 3.67. The van der Waals surface area contributed by atoms with E-state index in [1.54, 1.807) is 0 Å². The van der Waals surface area contributed by atoms with Crippen LogP contribution in [0.25, 0.3) is 0 Å². The molecule has 8 bridgehead atoms. The number of carbonyl (C=O) groups is 2. The summed E-state index contributed by atoms with van der Waals surface area (Å²) in [4.78, 5) is 28.0. The van der Waals surface area contributed by atoms with Crippen molar-refractivity contribution in [3.8, 4) is 0 Å². The molecule has 0 aromatic carbocycles. The van der Waals surface area contributed by atoms with E-state index in [1.807, 2.05) is 0 Å². The quantitative estimate of drug-likeness (QED) is 0.367. The SMILES string of the molecule is O=C(O[C@H]1CC[C@@H]2[C@H]1[C@@H]1C=C[C@H]2C1)C12CC3CC(C1)CC(C(=O)O[C@H]1CC[C@@H]4[C@H]1[C@@H]1C=C[C@H]4C1)(C3)C2. The Balaban J connectivity index is 0.946. The molecule has 0 aromatic heterocycles. The van der Waals surface area contributed by atoms with Crippen molar-refractivity contribution in [1.82, 2.24) is 0 Å². The molecule has 0 aliphatic heterocycles. The molecule has 0 amide bonds. The zero-order chi connectivity index (χ0) is 23.8. The van der Waals surface area contributed by atoms with Gasteiger partial charge in [0.05, 0.1) is 10.8 Å². The first kappa shape index (κ1) is 21.4. The van der Waals surface area contributed by atoms with Gasteiger partial charge in [-0.2, -0.15) is 0 Å². The molecule has 10 atom stereocenters. The third-order valence-corrected chi connectivity index (χ3v) is 13.2. The van der Waals surface area contributed by atoms with Gasteiger partial charge in [0.25, 0.3) is 0 Å². The molecule has 192 valence electrons. The van der Waals surface area contributed by atoms with E-state index in [9.17, 15) is 9.59 Å². The van der Waals surface area contributed by atoms with E-state index in [2.05, 4.69) is 24.3 Å². The van der Waals surface area contributed by atoms with Gasteiger partial charge in [0, 0.05) is 11.8 Å². The van der Waals surface area contributed by atoms with Crippen molar-refractivity contribution >= 4 is 11.9 Å². The van der Waals surface area contributed by atoms with E-state index in [0.717, 1.165) is 62.2 Å². The number of hydrogen-bond acceptors (Lipinski definition) is 4. The Bertz CT molecular complexity index is 978. The summed E-state index contributed by atoms with van der Waals surface area (Å²) in [6, 6.07) is 0. The lowest BCUT2D eigenvalue weighted by Crippen LogP contribution is -2.59. The van der Waals surface area contributed by atoms with Crippen molar-refractivity contribution in [3.05, 3.63) is 24.3 Å². The minimum absolute atomic E-state index is 0.0466. The molecule has 0 aromatic rings. The summed E-state index contributed by atoms with van der Waals surface area (Å²) < 4.78 is 13.0. The van der Waals surface area contributed by atoms with Crippen molar-refractivity contribution < 1.29 is 19.1 Å². The van der Waals surface area contributed by atoms with Crippen LogP contribution < -0.4 is 0 Å². The second kappa shape index (κ2) is 7.08. The van der Waals surface area contributed by atoms with E-state index in [0.29, 0.717) is 41.9 Å². The predicted molar refractivity (Wildman–Crippen MR) is 133 cm³/mol. The Hall–Kier alpha value is -1.58. The van der Waals surface area contributed by atoms with Crippen LogP contribution in [0.5, 0.6) is 0 Å². The summed E-state index contributed by atoms with van der Waals surface area (Å²) in [6.07, 6.45) is 22.5. The summed E-state index contributed by atoms with van der Waals surface area (Å²) >= 11 is 0. The van der Waals surface area contributed by atoms with Crippen LogP contribution in [-0.4, -0.2) is 24.1 Å². The van der Waals surface area contributed by atoms with Gasteiger partial charge in [-0.1, -0.05) is 24.3 Å². The Morgan fingerprint density at radius 1 is 0.583 bits per heavy atom. The van der Waals surface area contributed by atoms with Crippen LogP contribution in [0.3, 0.4) is 0 Å². The van der Waals surface area contributed by atoms with Crippen molar-refractivity contribution in [1.29, 1.82) is 0 Å². The normalized spacial score (nSPS) is 58.0. The van der Waals surface area contributed by atoms with Gasteiger partial charge in [-0.25, -0.2) is 0 Å². The summed E-state index contributed by atoms with van der Waals surface area (Å²) in [6.45, 7) is 0. The maximum Gasteiger partial charge on any atom is 0.312 e. The number of carbonyl (C=O) groups excluding carboxylic acids is 2. The van der Waals surface area contributed by atoms with Crippen LogP contribution in [0.4, 0.5) is 0 Å². The molecule has 0 unspecified atom stereocenters. The molecule has 8 fully saturated rings. The molecule has 10 rings (SSSR count). The zero-order valence-electron chi connectivity index (χ0n) is 21.4. The van der Waals surface area contributed by atoms with E-state index >= 15 is 0 Å². The number of ether oxygens (including phenoxy) is 2. The number of fused-ring (bicyclic) bond motifs is 10. The van der Waals surface area contributed by atoms with E-state index in [1.165, 1.54) is 32.1 Å². The molecule has 0 saturated heterocycles. The third-order valence-electron chi connectivity index (χ3n) is 13.2. The lowest BCUT2D eigenvalue weighted by Gasteiger charge is -2.59. The smallest absolute Gasteiger partial charge is 0.312 e. The molecule has 0 radical (unpaired) electrons. The first-order valence-electron chi connectivity index (χ1n) is 15.3. The second-order valence-corrected chi connectivity index (χ2v) is 14.9. The van der Waals surface area contributed by atoms with Crippen LogP contribution in [0, 0.1) is 70.0 Å². The van der Waals surface area contributed by atoms with Crippen LogP contribution in [0.2, 0.25) is 0 Å². The van der Waals surface area contributed by atoms with E-state index in [4.69, 9.17) is 9.47 Å². The second-order valence-electron chi connectivity index (χ2n) is 14.9. The van der Waals surface area contributed by atoms with Gasteiger partial charge in [-0.15, -0.1) is 0 Å². The van der Waals surface area contributed by atoms with Crippen molar-refractivity contribution in [2.75, 3.05) is 0 Å². The number of allylic oxidation sites excluding steroid dienone is 4. The lowest BCUT2D eigenvalue weighted by atomic mass is 9.44. The van der Waals surface area contributed by atoms with E-state index < -0.39 is 10.8 Å². The summed E-state index contributed by atoms with van der Waals surface area (Å²) in [5, 5.41) is 0. The highest BCUT2D eigenvalue weighted by Crippen LogP contribution is 2.67. The molecule has 36 heavy (non-hydrogen) atoms. The van der Waals surface area contributed by atoms with Crippen LogP contribution in [0.1, 0.15) is 77.0 Å². The molecule has 10 aliphatic carbocycles. The maximum absolute atomic E-state index is 14.0. The largest absolute Gasteiger partial charge is 0.462 e. The Labute approximate surface area is 214 Å². The Kier molecular flexibility index (Phi) is 4.20. The van der Waals surface area contributed by atoms with Gasteiger partial charge in [0.15, 0.2) is 0 Å². The van der Waals surface area contributed by atoms with E-state index in [-0.39, 0.29) is 24.1 Å². The predicted octanol–water partition coefficient (Wildman–Crippen LogP) is 5.86. The summed E-state index contributed by atoms with van der Waals surface area (Å²) in [5.74, 6) is 6.29. The minimum atomic E-state index is -0.442. The molecule has 0 heterocycles. The van der Waals surface area contributed by atoms with Gasteiger partial charge < -0.3 is 9.47 Å². The molecule has 10 aliphatic rings. The number of rotatable bonds is 4. The van der Waals surface area contributed by atoms with Gasteiger partial charge >= 0.3 is 11.9 Å². The van der Waals surface area contributed by atoms with Crippen molar-refractivity contribution in [2.24, 2.45) is 70.0 Å². The topological polar surface area (TPSA) is 52.6 Å². The molecular weight excluding hydrogens is 448 g/mol. The zero-order valence-corrected chi connectivity index (χ0v) is 21.4. The minimum Gasteiger partial charge on any atom is -0.462 e. The fourth-order valence-corrected chi connectivity index (χ4v) is 12.5. The van der Waals surface area contributed by atoms with Gasteiger partial charge in [-0.3, -0.25) is 9.59 Å². The maximum atomic E-state index is 14.0. The first-order chi connectivity index (χ1) is 17.5. The third kappa shape index (κ3) is 2.72. The molecular formula is C32H40O4. The standard InChI is InChI=1S/C32H40O4/c33-29(35-25-7-5-23-19-1-3-21(10-19)27(23)25)31-12-17-9-18(13-31)15-32(14-17,16-31)30(34)36-26-8-6-24-20-2-4-22(11-20)28(24)26/h1-4,17-28H,5-16H2/t17?,18?,19-,20-,21+,22+,23-,24-,25-,26-,27+,28+,31?,32?/m0/s1. The van der Waals surface area contributed by atoms with Crippen molar-refractivity contribution in [2.45, 2.75) is 89.3 Å². The van der Waals surface area contributed by atoms with Gasteiger partial charge in [-0.05, 0) is 124 Å². The fraction of sp³-hybridized carbons (Fsp3) is 0.812. The molecule has 0 N–H and O–H groups in total. The molecule has 8 saturated carbocycles. The number of hydrogen-bond donors (Lipinski definition) is 0. The summed E-state index contributed by atoms with van der Waals surface area (Å²) in [5.41, 5.74) is -0.885. The van der Waals surface area contributed by atoms with Gasteiger partial charge in [0.2, 0.25) is 0 Å².